The summed E-state index contributed by atoms with van der Waals surface area (Å²) in [5.74, 6) is -0.430. The fourth-order valence-electron chi connectivity index (χ4n) is 2.95. The summed E-state index contributed by atoms with van der Waals surface area (Å²) < 4.78 is 0. The van der Waals surface area contributed by atoms with Gasteiger partial charge in [0.05, 0.1) is 5.70 Å². The molecule has 0 aliphatic carbocycles. The van der Waals surface area contributed by atoms with Crippen molar-refractivity contribution in [2.75, 3.05) is 6.54 Å². The number of rotatable bonds is 4. The number of nitrogens with one attached hydrogen (secondary N) is 2. The van der Waals surface area contributed by atoms with Crippen molar-refractivity contribution in [3.05, 3.63) is 76.4 Å². The van der Waals surface area contributed by atoms with Crippen molar-refractivity contribution in [3.63, 3.8) is 0 Å². The van der Waals surface area contributed by atoms with Crippen LogP contribution in [0.3, 0.4) is 0 Å². The van der Waals surface area contributed by atoms with E-state index in [0.717, 1.165) is 12.0 Å². The number of nitriles is 1. The highest BCUT2D eigenvalue weighted by molar-refractivity contribution is 6.20. The molecule has 28 heavy (non-hydrogen) atoms. The van der Waals surface area contributed by atoms with Gasteiger partial charge in [-0.15, -0.1) is 0 Å². The highest BCUT2D eigenvalue weighted by atomic mass is 16.2. The second-order valence-electron chi connectivity index (χ2n) is 6.37. The highest BCUT2D eigenvalue weighted by Crippen LogP contribution is 2.30. The van der Waals surface area contributed by atoms with E-state index in [1.54, 1.807) is 30.3 Å². The van der Waals surface area contributed by atoms with Gasteiger partial charge in [-0.2, -0.15) is 5.26 Å². The van der Waals surface area contributed by atoms with Crippen LogP contribution in [0.15, 0.2) is 59.1 Å². The first-order valence-electron chi connectivity index (χ1n) is 9.04. The average molecular weight is 372 g/mol. The van der Waals surface area contributed by atoms with Crippen molar-refractivity contribution < 1.29 is 9.59 Å². The second-order valence-corrected chi connectivity index (χ2v) is 6.37. The van der Waals surface area contributed by atoms with Gasteiger partial charge in [-0.05, 0) is 25.0 Å². The van der Waals surface area contributed by atoms with Gasteiger partial charge in [0.15, 0.2) is 0 Å². The number of benzene rings is 2. The quantitative estimate of drug-likeness (QED) is 0.638. The summed E-state index contributed by atoms with van der Waals surface area (Å²) in [5, 5.41) is 15.1. The van der Waals surface area contributed by atoms with E-state index in [2.05, 4.69) is 15.6 Å². The van der Waals surface area contributed by atoms with Crippen LogP contribution < -0.4 is 10.6 Å². The number of fused-ring (bicyclic) bond motifs is 1. The summed E-state index contributed by atoms with van der Waals surface area (Å²) >= 11 is 0. The number of amides is 2. The van der Waals surface area contributed by atoms with Crippen molar-refractivity contribution in [2.45, 2.75) is 20.3 Å². The van der Waals surface area contributed by atoms with E-state index in [1.165, 1.54) is 0 Å². The minimum atomic E-state index is -0.468. The standard InChI is InChI=1S/C22H20N4O2/c1-3-12-24-21(27)18(13-23)19-16-10-6-7-11-17(16)20(25-19)26-22(28)15-9-5-4-8-14(15)2/h4-11H,3,12H2,1-2H3,(H,24,27)(H,25,26,28). The zero-order valence-electron chi connectivity index (χ0n) is 15.7. The summed E-state index contributed by atoms with van der Waals surface area (Å²) in [7, 11) is 0. The topological polar surface area (TPSA) is 94.3 Å². The molecule has 2 aromatic carbocycles. The summed E-state index contributed by atoms with van der Waals surface area (Å²) in [6, 6.07) is 16.4. The molecule has 0 spiro atoms. The molecule has 0 fully saturated rings. The summed E-state index contributed by atoms with van der Waals surface area (Å²) in [5.41, 5.74) is 2.91. The van der Waals surface area contributed by atoms with E-state index in [-0.39, 0.29) is 17.2 Å². The Morgan fingerprint density at radius 3 is 2.43 bits per heavy atom. The molecule has 0 aromatic heterocycles. The van der Waals surface area contributed by atoms with Gasteiger partial charge in [-0.3, -0.25) is 9.59 Å². The predicted molar refractivity (Wildman–Crippen MR) is 107 cm³/mol. The fraction of sp³-hybridized carbons (Fsp3) is 0.182. The van der Waals surface area contributed by atoms with Gasteiger partial charge >= 0.3 is 0 Å². The summed E-state index contributed by atoms with van der Waals surface area (Å²) in [6.07, 6.45) is 0.761. The average Bonchev–Trinajstić information content (AvgIpc) is 3.05. The van der Waals surface area contributed by atoms with Crippen molar-refractivity contribution in [1.29, 1.82) is 5.26 Å². The third-order valence-corrected chi connectivity index (χ3v) is 4.39. The Kier molecular flexibility index (Phi) is 5.66. The molecule has 2 N–H and O–H groups in total. The second kappa shape index (κ2) is 8.31. The number of hydrogen-bond donors (Lipinski definition) is 2. The fourth-order valence-corrected chi connectivity index (χ4v) is 2.95. The van der Waals surface area contributed by atoms with E-state index in [4.69, 9.17) is 0 Å². The lowest BCUT2D eigenvalue weighted by Crippen LogP contribution is -2.30. The van der Waals surface area contributed by atoms with E-state index in [0.29, 0.717) is 29.1 Å². The highest BCUT2D eigenvalue weighted by Gasteiger charge is 2.27. The molecule has 2 amide bonds. The molecule has 6 heteroatoms. The van der Waals surface area contributed by atoms with E-state index >= 15 is 0 Å². The smallest absolute Gasteiger partial charge is 0.264 e. The van der Waals surface area contributed by atoms with Crippen LogP contribution in [-0.4, -0.2) is 24.2 Å². The van der Waals surface area contributed by atoms with Crippen LogP contribution in [0.1, 0.15) is 40.4 Å². The molecule has 0 unspecified atom stereocenters. The van der Waals surface area contributed by atoms with E-state index in [1.807, 2.05) is 38.1 Å². The van der Waals surface area contributed by atoms with Crippen LogP contribution in [0.4, 0.5) is 0 Å². The molecule has 1 aliphatic heterocycles. The maximum Gasteiger partial charge on any atom is 0.264 e. The van der Waals surface area contributed by atoms with Crippen LogP contribution in [0, 0.1) is 18.3 Å². The van der Waals surface area contributed by atoms with Crippen LogP contribution >= 0.6 is 0 Å². The number of aryl methyl sites for hydroxylation is 1. The zero-order chi connectivity index (χ0) is 20.1. The van der Waals surface area contributed by atoms with Crippen molar-refractivity contribution in [2.24, 2.45) is 4.99 Å². The SMILES string of the molecule is CCCNC(=O)C(C#N)=C1N=C(NC(=O)c2ccccc2C)c2ccccc21. The minimum Gasteiger partial charge on any atom is -0.351 e. The molecule has 140 valence electrons. The van der Waals surface area contributed by atoms with Gasteiger partial charge in [-0.1, -0.05) is 49.4 Å². The monoisotopic (exact) mass is 372 g/mol. The molecule has 0 saturated carbocycles. The lowest BCUT2D eigenvalue weighted by atomic mass is 10.0. The Bertz CT molecular complexity index is 1040. The molecule has 6 nitrogen and oxygen atoms in total. The lowest BCUT2D eigenvalue weighted by molar-refractivity contribution is -0.117. The first-order valence-corrected chi connectivity index (χ1v) is 9.04. The minimum absolute atomic E-state index is 0.0685. The van der Waals surface area contributed by atoms with Gasteiger partial charge < -0.3 is 10.6 Å². The van der Waals surface area contributed by atoms with Crippen molar-refractivity contribution >= 4 is 23.3 Å². The Morgan fingerprint density at radius 1 is 1.07 bits per heavy atom. The number of hydrogen-bond acceptors (Lipinski definition) is 4. The van der Waals surface area contributed by atoms with Crippen molar-refractivity contribution in [3.8, 4) is 6.07 Å². The third kappa shape index (κ3) is 3.69. The molecule has 2 aromatic rings. The van der Waals surface area contributed by atoms with Gasteiger partial charge in [-0.25, -0.2) is 4.99 Å². The van der Waals surface area contributed by atoms with Crippen LogP contribution in [0.5, 0.6) is 0 Å². The largest absolute Gasteiger partial charge is 0.351 e. The van der Waals surface area contributed by atoms with E-state index in [9.17, 15) is 14.9 Å². The van der Waals surface area contributed by atoms with E-state index < -0.39 is 5.91 Å². The lowest BCUT2D eigenvalue weighted by Gasteiger charge is -2.08. The van der Waals surface area contributed by atoms with Gasteiger partial charge in [0.1, 0.15) is 17.5 Å². The molecule has 1 heterocycles. The Balaban J connectivity index is 2.00. The van der Waals surface area contributed by atoms with Crippen LogP contribution in [-0.2, 0) is 4.79 Å². The van der Waals surface area contributed by atoms with Gasteiger partial charge in [0.2, 0.25) is 0 Å². The maximum absolute atomic E-state index is 12.7. The molecule has 0 atom stereocenters. The Morgan fingerprint density at radius 2 is 1.75 bits per heavy atom. The zero-order valence-corrected chi connectivity index (χ0v) is 15.7. The third-order valence-electron chi connectivity index (χ3n) is 4.39. The number of amidine groups is 1. The Hall–Kier alpha value is -3.72. The summed E-state index contributed by atoms with van der Waals surface area (Å²) in [6.45, 7) is 4.26. The van der Waals surface area contributed by atoms with Crippen LogP contribution in [0.25, 0.3) is 5.70 Å². The first-order chi connectivity index (χ1) is 13.6. The summed E-state index contributed by atoms with van der Waals surface area (Å²) in [4.78, 5) is 29.5. The molecule has 1 aliphatic rings. The first kappa shape index (κ1) is 19.1. The van der Waals surface area contributed by atoms with Gasteiger partial charge in [0, 0.05) is 23.2 Å². The normalized spacial score (nSPS) is 13.8. The molecular weight excluding hydrogens is 352 g/mol. The maximum atomic E-state index is 12.7. The molecule has 3 rings (SSSR count). The molecule has 0 bridgehead atoms. The molecule has 0 radical (unpaired) electrons. The van der Waals surface area contributed by atoms with Crippen molar-refractivity contribution in [1.82, 2.24) is 10.6 Å². The molecule has 0 saturated heterocycles. The van der Waals surface area contributed by atoms with Gasteiger partial charge in [0.25, 0.3) is 11.8 Å². The Labute approximate surface area is 163 Å². The number of carbonyl (C=O) groups excluding carboxylic acids is 2. The number of carbonyl (C=O) groups is 2. The molecular formula is C22H20N4O2. The van der Waals surface area contributed by atoms with Crippen LogP contribution in [0.2, 0.25) is 0 Å². The predicted octanol–water partition coefficient (Wildman–Crippen LogP) is 2.95. The number of aliphatic imine (C=N–C) groups is 1. The number of nitrogens with zero attached hydrogens (tertiary/aromatic N) is 2.